The van der Waals surface area contributed by atoms with Crippen molar-refractivity contribution in [1.29, 1.82) is 0 Å². The lowest BCUT2D eigenvalue weighted by Crippen LogP contribution is -2.17. The van der Waals surface area contributed by atoms with Gasteiger partial charge in [0.2, 0.25) is 0 Å². The van der Waals surface area contributed by atoms with E-state index in [9.17, 15) is 5.11 Å². The molecule has 0 aliphatic rings. The molecule has 0 unspecified atom stereocenters. The van der Waals surface area contributed by atoms with Crippen molar-refractivity contribution >= 4 is 5.69 Å². The highest BCUT2D eigenvalue weighted by Gasteiger charge is 2.09. The number of aliphatic hydroxyl groups excluding tert-OH is 1. The summed E-state index contributed by atoms with van der Waals surface area (Å²) in [7, 11) is 3.70. The minimum Gasteiger partial charge on any atom is -0.496 e. The third kappa shape index (κ3) is 3.73. The zero-order valence-electron chi connectivity index (χ0n) is 12.8. The monoisotopic (exact) mass is 286 g/mol. The number of benzene rings is 1. The fourth-order valence-electron chi connectivity index (χ4n) is 2.21. The summed E-state index contributed by atoms with van der Waals surface area (Å²) in [4.78, 5) is 6.44. The molecule has 2 aromatic rings. The third-order valence-corrected chi connectivity index (χ3v) is 3.54. The molecule has 4 nitrogen and oxygen atoms in total. The average Bonchev–Trinajstić information content (AvgIpc) is 2.54. The van der Waals surface area contributed by atoms with Gasteiger partial charge in [0.25, 0.3) is 0 Å². The number of para-hydroxylation sites is 1. The predicted molar refractivity (Wildman–Crippen MR) is 84.6 cm³/mol. The standard InChI is InChI=1S/C17H22N2O2/c1-4-16(20)15-10-9-14(11-18-15)19(2)12-13-7-5-6-8-17(13)21-3/h5-11,16,20H,4,12H2,1-3H3/t16-/m1/s1. The molecule has 0 fully saturated rings. The molecule has 0 bridgehead atoms. The zero-order valence-corrected chi connectivity index (χ0v) is 12.8. The molecule has 2 rings (SSSR count). The molecule has 0 aliphatic carbocycles. The Hall–Kier alpha value is -2.07. The summed E-state index contributed by atoms with van der Waals surface area (Å²) in [6.07, 6.45) is 1.98. The van der Waals surface area contributed by atoms with E-state index < -0.39 is 6.10 Å². The van der Waals surface area contributed by atoms with Crippen LogP contribution in [0, 0.1) is 0 Å². The van der Waals surface area contributed by atoms with Crippen molar-refractivity contribution in [3.05, 3.63) is 53.9 Å². The second-order valence-electron chi connectivity index (χ2n) is 5.03. The largest absolute Gasteiger partial charge is 0.496 e. The first-order valence-electron chi connectivity index (χ1n) is 7.12. The van der Waals surface area contributed by atoms with Crippen LogP contribution in [0.5, 0.6) is 5.75 Å². The average molecular weight is 286 g/mol. The smallest absolute Gasteiger partial charge is 0.123 e. The lowest BCUT2D eigenvalue weighted by atomic mass is 10.1. The Bertz CT molecular complexity index is 569. The summed E-state index contributed by atoms with van der Waals surface area (Å²) in [6, 6.07) is 11.8. The highest BCUT2D eigenvalue weighted by atomic mass is 16.5. The number of pyridine rings is 1. The Labute approximate surface area is 126 Å². The van der Waals surface area contributed by atoms with Gasteiger partial charge in [0.05, 0.1) is 30.8 Å². The van der Waals surface area contributed by atoms with Crippen LogP contribution in [0.1, 0.15) is 30.7 Å². The van der Waals surface area contributed by atoms with Gasteiger partial charge in [-0.15, -0.1) is 0 Å². The van der Waals surface area contributed by atoms with E-state index in [1.54, 1.807) is 13.3 Å². The molecule has 0 saturated carbocycles. The fraction of sp³-hybridized carbons (Fsp3) is 0.353. The van der Waals surface area contributed by atoms with Crippen LogP contribution in [0.2, 0.25) is 0 Å². The maximum Gasteiger partial charge on any atom is 0.123 e. The van der Waals surface area contributed by atoms with Gasteiger partial charge in [-0.3, -0.25) is 4.98 Å². The SMILES string of the molecule is CC[C@@H](O)c1ccc(N(C)Cc2ccccc2OC)cn1. The number of hydrogen-bond donors (Lipinski definition) is 1. The van der Waals surface area contributed by atoms with Gasteiger partial charge in [0.15, 0.2) is 0 Å². The second-order valence-corrected chi connectivity index (χ2v) is 5.03. The highest BCUT2D eigenvalue weighted by Crippen LogP contribution is 2.23. The quantitative estimate of drug-likeness (QED) is 0.886. The number of rotatable bonds is 6. The number of ether oxygens (including phenoxy) is 1. The van der Waals surface area contributed by atoms with Crippen molar-refractivity contribution in [3.63, 3.8) is 0 Å². The first-order chi connectivity index (χ1) is 10.2. The highest BCUT2D eigenvalue weighted by molar-refractivity contribution is 5.46. The Kier molecular flexibility index (Phi) is 5.17. The van der Waals surface area contributed by atoms with Crippen molar-refractivity contribution in [2.45, 2.75) is 26.0 Å². The summed E-state index contributed by atoms with van der Waals surface area (Å²) in [6.45, 7) is 2.68. The normalized spacial score (nSPS) is 12.0. The van der Waals surface area contributed by atoms with Crippen LogP contribution in [-0.4, -0.2) is 24.2 Å². The maximum atomic E-state index is 9.77. The molecule has 1 N–H and O–H groups in total. The molecule has 0 aliphatic heterocycles. The van der Waals surface area contributed by atoms with E-state index in [-0.39, 0.29) is 0 Å². The van der Waals surface area contributed by atoms with Gasteiger partial charge in [-0.25, -0.2) is 0 Å². The lowest BCUT2D eigenvalue weighted by Gasteiger charge is -2.21. The van der Waals surface area contributed by atoms with Crippen LogP contribution in [-0.2, 0) is 6.54 Å². The van der Waals surface area contributed by atoms with Crippen LogP contribution in [0.3, 0.4) is 0 Å². The number of anilines is 1. The Balaban J connectivity index is 2.11. The number of methoxy groups -OCH3 is 1. The van der Waals surface area contributed by atoms with Crippen LogP contribution in [0.25, 0.3) is 0 Å². The molecule has 0 radical (unpaired) electrons. The third-order valence-electron chi connectivity index (χ3n) is 3.54. The first kappa shape index (κ1) is 15.3. The molecule has 112 valence electrons. The molecule has 4 heteroatoms. The molecule has 0 amide bonds. The minimum atomic E-state index is -0.487. The van der Waals surface area contributed by atoms with Gasteiger partial charge in [-0.1, -0.05) is 25.1 Å². The van der Waals surface area contributed by atoms with E-state index in [0.29, 0.717) is 12.1 Å². The number of hydrogen-bond acceptors (Lipinski definition) is 4. The molecular weight excluding hydrogens is 264 g/mol. The van der Waals surface area contributed by atoms with Crippen molar-refractivity contribution in [2.75, 3.05) is 19.1 Å². The van der Waals surface area contributed by atoms with Gasteiger partial charge in [-0.2, -0.15) is 0 Å². The molecule has 0 spiro atoms. The summed E-state index contributed by atoms with van der Waals surface area (Å²) < 4.78 is 5.37. The van der Waals surface area contributed by atoms with E-state index in [1.165, 1.54) is 0 Å². The summed E-state index contributed by atoms with van der Waals surface area (Å²) in [5, 5.41) is 9.77. The van der Waals surface area contributed by atoms with Gasteiger partial charge in [-0.05, 0) is 24.6 Å². The van der Waals surface area contributed by atoms with Gasteiger partial charge >= 0.3 is 0 Å². The molecule has 1 atom stereocenters. The zero-order chi connectivity index (χ0) is 15.2. The minimum absolute atomic E-state index is 0.487. The molecule has 1 heterocycles. The van der Waals surface area contributed by atoms with E-state index in [2.05, 4.69) is 16.0 Å². The van der Waals surface area contributed by atoms with Gasteiger partial charge < -0.3 is 14.7 Å². The van der Waals surface area contributed by atoms with E-state index >= 15 is 0 Å². The predicted octanol–water partition coefficient (Wildman–Crippen LogP) is 3.17. The van der Waals surface area contributed by atoms with E-state index in [0.717, 1.165) is 23.5 Å². The number of aromatic nitrogens is 1. The number of nitrogens with zero attached hydrogens (tertiary/aromatic N) is 2. The van der Waals surface area contributed by atoms with Gasteiger partial charge in [0.1, 0.15) is 5.75 Å². The maximum absolute atomic E-state index is 9.77. The molecule has 1 aromatic heterocycles. The summed E-state index contributed by atoms with van der Waals surface area (Å²) in [5.41, 5.74) is 2.85. The van der Waals surface area contributed by atoms with E-state index in [4.69, 9.17) is 4.74 Å². The fourth-order valence-corrected chi connectivity index (χ4v) is 2.21. The topological polar surface area (TPSA) is 45.6 Å². The van der Waals surface area contributed by atoms with Crippen LogP contribution < -0.4 is 9.64 Å². The Morgan fingerprint density at radius 3 is 2.62 bits per heavy atom. The second kappa shape index (κ2) is 7.09. The van der Waals surface area contributed by atoms with Crippen LogP contribution in [0.15, 0.2) is 42.6 Å². The van der Waals surface area contributed by atoms with Crippen molar-refractivity contribution in [1.82, 2.24) is 4.98 Å². The van der Waals surface area contributed by atoms with Crippen LogP contribution >= 0.6 is 0 Å². The summed E-state index contributed by atoms with van der Waals surface area (Å²) in [5.74, 6) is 0.885. The Morgan fingerprint density at radius 1 is 1.24 bits per heavy atom. The first-order valence-corrected chi connectivity index (χ1v) is 7.12. The summed E-state index contributed by atoms with van der Waals surface area (Å²) >= 11 is 0. The van der Waals surface area contributed by atoms with Crippen molar-refractivity contribution in [3.8, 4) is 5.75 Å². The van der Waals surface area contributed by atoms with Crippen molar-refractivity contribution in [2.24, 2.45) is 0 Å². The number of aliphatic hydroxyl groups is 1. The Morgan fingerprint density at radius 2 is 2.00 bits per heavy atom. The molecule has 21 heavy (non-hydrogen) atoms. The molecular formula is C17H22N2O2. The van der Waals surface area contributed by atoms with Crippen LogP contribution in [0.4, 0.5) is 5.69 Å². The van der Waals surface area contributed by atoms with E-state index in [1.807, 2.05) is 44.3 Å². The van der Waals surface area contributed by atoms with Gasteiger partial charge in [0, 0.05) is 19.2 Å². The molecule has 0 saturated heterocycles. The van der Waals surface area contributed by atoms with Crippen molar-refractivity contribution < 1.29 is 9.84 Å². The molecule has 1 aromatic carbocycles. The lowest BCUT2D eigenvalue weighted by molar-refractivity contribution is 0.169.